The number of methoxy groups -OCH3 is 1. The molecule has 1 N–H and O–H groups in total. The lowest BCUT2D eigenvalue weighted by Gasteiger charge is -2.05. The monoisotopic (exact) mass is 325 g/mol. The van der Waals surface area contributed by atoms with Gasteiger partial charge in [0, 0.05) is 11.4 Å². The standard InChI is InChI=1S/C13H12ClN3O3S/c1-19-9-3-2-7(14)6-8(9)11-15-13(17-16-11)21-10-4-5-20-12(10)18/h2-3,6,10H,4-5H2,1H3,(H,15,16,17)/t10-/m1/s1. The highest BCUT2D eigenvalue weighted by Crippen LogP contribution is 2.32. The molecule has 110 valence electrons. The molecular formula is C13H12ClN3O3S. The van der Waals surface area contributed by atoms with Crippen LogP contribution in [0.15, 0.2) is 23.4 Å². The van der Waals surface area contributed by atoms with Crippen molar-refractivity contribution in [1.82, 2.24) is 15.2 Å². The van der Waals surface area contributed by atoms with E-state index in [9.17, 15) is 4.79 Å². The molecule has 1 fully saturated rings. The Morgan fingerprint density at radius 3 is 3.10 bits per heavy atom. The number of benzene rings is 1. The number of aromatic amines is 1. The number of H-pyrrole nitrogens is 1. The predicted octanol–water partition coefficient (Wildman–Crippen LogP) is 2.54. The number of rotatable bonds is 4. The third-order valence-corrected chi connectivity index (χ3v) is 4.36. The Bertz CT molecular complexity index is 676. The normalized spacial score (nSPS) is 17.8. The smallest absolute Gasteiger partial charge is 0.319 e. The first kappa shape index (κ1) is 14.2. The molecule has 0 amide bonds. The number of hydrogen-bond donors (Lipinski definition) is 1. The molecule has 0 spiro atoms. The number of ether oxygens (including phenoxy) is 2. The van der Waals surface area contributed by atoms with Crippen molar-refractivity contribution in [2.24, 2.45) is 0 Å². The van der Waals surface area contributed by atoms with Crippen LogP contribution in [0.3, 0.4) is 0 Å². The summed E-state index contributed by atoms with van der Waals surface area (Å²) in [4.78, 5) is 15.8. The van der Waals surface area contributed by atoms with Crippen LogP contribution < -0.4 is 4.74 Å². The maximum Gasteiger partial charge on any atom is 0.319 e. The van der Waals surface area contributed by atoms with E-state index < -0.39 is 0 Å². The van der Waals surface area contributed by atoms with Gasteiger partial charge in [-0.05, 0) is 18.2 Å². The first-order valence-electron chi connectivity index (χ1n) is 6.27. The molecule has 0 saturated carbocycles. The molecule has 1 aliphatic heterocycles. The number of aromatic nitrogens is 3. The van der Waals surface area contributed by atoms with E-state index in [0.29, 0.717) is 34.8 Å². The Labute approximate surface area is 130 Å². The summed E-state index contributed by atoms with van der Waals surface area (Å²) < 4.78 is 10.2. The Morgan fingerprint density at radius 2 is 2.38 bits per heavy atom. The zero-order chi connectivity index (χ0) is 14.8. The summed E-state index contributed by atoms with van der Waals surface area (Å²) >= 11 is 7.29. The van der Waals surface area contributed by atoms with Gasteiger partial charge in [-0.25, -0.2) is 4.98 Å². The van der Waals surface area contributed by atoms with Crippen LogP contribution in [0.25, 0.3) is 11.4 Å². The van der Waals surface area contributed by atoms with Gasteiger partial charge in [0.05, 0.1) is 19.3 Å². The second-order valence-corrected chi connectivity index (χ2v) is 5.98. The summed E-state index contributed by atoms with van der Waals surface area (Å²) in [7, 11) is 1.58. The van der Waals surface area contributed by atoms with Crippen molar-refractivity contribution in [1.29, 1.82) is 0 Å². The van der Waals surface area contributed by atoms with Gasteiger partial charge in [-0.15, -0.1) is 5.10 Å². The Hall–Kier alpha value is -1.73. The lowest BCUT2D eigenvalue weighted by molar-refractivity contribution is -0.137. The lowest BCUT2D eigenvalue weighted by atomic mass is 10.2. The average Bonchev–Trinajstić information content (AvgIpc) is 3.09. The maximum atomic E-state index is 11.5. The first-order chi connectivity index (χ1) is 10.2. The summed E-state index contributed by atoms with van der Waals surface area (Å²) in [6, 6.07) is 5.25. The fourth-order valence-electron chi connectivity index (χ4n) is 2.00. The SMILES string of the molecule is COc1ccc(Cl)cc1-c1nc(S[C@@H]2CCOC2=O)n[nH]1. The van der Waals surface area contributed by atoms with Crippen LogP contribution in [0, 0.1) is 0 Å². The summed E-state index contributed by atoms with van der Waals surface area (Å²) in [5.74, 6) is 0.974. The molecule has 0 bridgehead atoms. The Balaban J connectivity index is 1.84. The van der Waals surface area contributed by atoms with Gasteiger partial charge >= 0.3 is 5.97 Å². The molecule has 2 aromatic rings. The van der Waals surface area contributed by atoms with Gasteiger partial charge in [-0.2, -0.15) is 0 Å². The van der Waals surface area contributed by atoms with Crippen molar-refractivity contribution >= 4 is 29.3 Å². The van der Waals surface area contributed by atoms with Gasteiger partial charge in [-0.3, -0.25) is 9.89 Å². The fraction of sp³-hybridized carbons (Fsp3) is 0.308. The maximum absolute atomic E-state index is 11.5. The van der Waals surface area contributed by atoms with Gasteiger partial charge in [-0.1, -0.05) is 23.4 Å². The minimum atomic E-state index is -0.241. The van der Waals surface area contributed by atoms with E-state index in [1.54, 1.807) is 25.3 Å². The average molecular weight is 326 g/mol. The van der Waals surface area contributed by atoms with E-state index >= 15 is 0 Å². The molecule has 1 aliphatic rings. The number of nitrogens with one attached hydrogen (secondary N) is 1. The van der Waals surface area contributed by atoms with Crippen LogP contribution in [0.1, 0.15) is 6.42 Å². The van der Waals surface area contributed by atoms with Gasteiger partial charge < -0.3 is 9.47 Å². The van der Waals surface area contributed by atoms with E-state index in [0.717, 1.165) is 5.56 Å². The molecule has 3 rings (SSSR count). The van der Waals surface area contributed by atoms with Crippen LogP contribution >= 0.6 is 23.4 Å². The molecule has 0 aliphatic carbocycles. The van der Waals surface area contributed by atoms with Gasteiger partial charge in [0.2, 0.25) is 5.16 Å². The lowest BCUT2D eigenvalue weighted by Crippen LogP contribution is -2.09. The second kappa shape index (κ2) is 5.95. The molecule has 1 aromatic carbocycles. The number of hydrogen-bond acceptors (Lipinski definition) is 6. The van der Waals surface area contributed by atoms with E-state index in [1.165, 1.54) is 11.8 Å². The molecule has 21 heavy (non-hydrogen) atoms. The second-order valence-electron chi connectivity index (χ2n) is 4.37. The summed E-state index contributed by atoms with van der Waals surface area (Å²) in [5, 5.41) is 7.79. The molecule has 0 unspecified atom stereocenters. The Morgan fingerprint density at radius 1 is 1.52 bits per heavy atom. The van der Waals surface area contributed by atoms with Crippen molar-refractivity contribution in [3.8, 4) is 17.1 Å². The van der Waals surface area contributed by atoms with E-state index in [4.69, 9.17) is 21.1 Å². The van der Waals surface area contributed by atoms with E-state index in [-0.39, 0.29) is 11.2 Å². The molecule has 8 heteroatoms. The summed E-state index contributed by atoms with van der Waals surface area (Å²) in [6.07, 6.45) is 0.674. The van der Waals surface area contributed by atoms with Crippen molar-refractivity contribution < 1.29 is 14.3 Å². The van der Waals surface area contributed by atoms with Crippen LogP contribution in [-0.2, 0) is 9.53 Å². The number of thioether (sulfide) groups is 1. The summed E-state index contributed by atoms with van der Waals surface area (Å²) in [5.41, 5.74) is 0.721. The molecule has 0 radical (unpaired) electrons. The van der Waals surface area contributed by atoms with Gasteiger partial charge in [0.15, 0.2) is 5.82 Å². The van der Waals surface area contributed by atoms with Crippen molar-refractivity contribution in [3.63, 3.8) is 0 Å². The topological polar surface area (TPSA) is 77.1 Å². The number of cyclic esters (lactones) is 1. The molecular weight excluding hydrogens is 314 g/mol. The van der Waals surface area contributed by atoms with Crippen molar-refractivity contribution in [2.75, 3.05) is 13.7 Å². The van der Waals surface area contributed by atoms with Gasteiger partial charge in [0.1, 0.15) is 11.0 Å². The molecule has 1 saturated heterocycles. The highest BCUT2D eigenvalue weighted by molar-refractivity contribution is 8.00. The molecule has 2 heterocycles. The minimum Gasteiger partial charge on any atom is -0.496 e. The van der Waals surface area contributed by atoms with Crippen molar-refractivity contribution in [2.45, 2.75) is 16.8 Å². The van der Waals surface area contributed by atoms with Crippen LogP contribution in [-0.4, -0.2) is 40.1 Å². The Kier molecular flexibility index (Phi) is 4.03. The van der Waals surface area contributed by atoms with E-state index in [2.05, 4.69) is 15.2 Å². The first-order valence-corrected chi connectivity index (χ1v) is 7.53. The highest BCUT2D eigenvalue weighted by atomic mass is 35.5. The largest absolute Gasteiger partial charge is 0.496 e. The molecule has 6 nitrogen and oxygen atoms in total. The molecule has 1 atom stereocenters. The number of nitrogens with zero attached hydrogens (tertiary/aromatic N) is 2. The summed E-state index contributed by atoms with van der Waals surface area (Å²) in [6.45, 7) is 0.454. The highest BCUT2D eigenvalue weighted by Gasteiger charge is 2.29. The zero-order valence-corrected chi connectivity index (χ0v) is 12.7. The number of esters is 1. The zero-order valence-electron chi connectivity index (χ0n) is 11.1. The van der Waals surface area contributed by atoms with Crippen LogP contribution in [0.2, 0.25) is 5.02 Å². The van der Waals surface area contributed by atoms with E-state index in [1.807, 2.05) is 0 Å². The predicted molar refractivity (Wildman–Crippen MR) is 78.6 cm³/mol. The quantitative estimate of drug-likeness (QED) is 0.870. The van der Waals surface area contributed by atoms with Crippen molar-refractivity contribution in [3.05, 3.63) is 23.2 Å². The van der Waals surface area contributed by atoms with Crippen LogP contribution in [0.4, 0.5) is 0 Å². The number of carbonyl (C=O) groups excluding carboxylic acids is 1. The third kappa shape index (κ3) is 2.98. The fourth-order valence-corrected chi connectivity index (χ4v) is 3.04. The third-order valence-electron chi connectivity index (χ3n) is 3.02. The van der Waals surface area contributed by atoms with Gasteiger partial charge in [0.25, 0.3) is 0 Å². The number of halogens is 1. The molecule has 1 aromatic heterocycles. The number of carbonyl (C=O) groups is 1. The minimum absolute atomic E-state index is 0.216. The van der Waals surface area contributed by atoms with Crippen LogP contribution in [0.5, 0.6) is 5.75 Å².